The number of aromatic nitrogens is 3. The Kier molecular flexibility index (Phi) is 4.23. The van der Waals surface area contributed by atoms with Crippen LogP contribution in [0.15, 0.2) is 16.6 Å². The predicted molar refractivity (Wildman–Crippen MR) is 73.7 cm³/mol. The van der Waals surface area contributed by atoms with Gasteiger partial charge < -0.3 is 14.6 Å². The zero-order chi connectivity index (χ0) is 14.7. The highest BCUT2D eigenvalue weighted by molar-refractivity contribution is 9.10. The maximum absolute atomic E-state index is 11.8. The minimum absolute atomic E-state index is 0.0302. The van der Waals surface area contributed by atoms with E-state index in [2.05, 4.69) is 31.3 Å². The third kappa shape index (κ3) is 2.60. The van der Waals surface area contributed by atoms with Gasteiger partial charge in [-0.3, -0.25) is 0 Å². The highest BCUT2D eigenvalue weighted by Gasteiger charge is 2.21. The van der Waals surface area contributed by atoms with Gasteiger partial charge in [0, 0.05) is 5.56 Å². The van der Waals surface area contributed by atoms with Gasteiger partial charge in [-0.25, -0.2) is 4.79 Å². The third-order valence-electron chi connectivity index (χ3n) is 2.54. The summed E-state index contributed by atoms with van der Waals surface area (Å²) in [5.74, 6) is -0.343. The molecule has 0 atom stereocenters. The molecule has 20 heavy (non-hydrogen) atoms. The van der Waals surface area contributed by atoms with Crippen LogP contribution < -0.4 is 4.74 Å². The van der Waals surface area contributed by atoms with Crippen molar-refractivity contribution in [2.75, 3.05) is 13.7 Å². The van der Waals surface area contributed by atoms with Gasteiger partial charge in [0.05, 0.1) is 18.2 Å². The first-order chi connectivity index (χ1) is 9.58. The highest BCUT2D eigenvalue weighted by atomic mass is 79.9. The molecule has 0 radical (unpaired) electrons. The molecule has 0 amide bonds. The van der Waals surface area contributed by atoms with Gasteiger partial charge in [0.15, 0.2) is 17.2 Å². The first-order valence-electron chi connectivity index (χ1n) is 5.73. The third-order valence-corrected chi connectivity index (χ3v) is 3.14. The summed E-state index contributed by atoms with van der Waals surface area (Å²) in [7, 11) is 1.43. The van der Waals surface area contributed by atoms with Crippen LogP contribution in [0.1, 0.15) is 17.4 Å². The molecule has 0 spiro atoms. The number of rotatable bonds is 4. The Morgan fingerprint density at radius 3 is 2.85 bits per heavy atom. The van der Waals surface area contributed by atoms with Gasteiger partial charge in [-0.05, 0) is 35.0 Å². The van der Waals surface area contributed by atoms with Gasteiger partial charge in [-0.15, -0.1) is 5.10 Å². The van der Waals surface area contributed by atoms with Gasteiger partial charge in [-0.1, -0.05) is 0 Å². The van der Waals surface area contributed by atoms with E-state index in [1.165, 1.54) is 7.11 Å². The molecule has 0 bridgehead atoms. The second kappa shape index (κ2) is 5.91. The molecular weight excluding hydrogens is 330 g/mol. The molecule has 7 nitrogen and oxygen atoms in total. The van der Waals surface area contributed by atoms with Crippen molar-refractivity contribution in [1.82, 2.24) is 15.4 Å². The molecule has 0 unspecified atom stereocenters. The van der Waals surface area contributed by atoms with Crippen molar-refractivity contribution in [2.24, 2.45) is 0 Å². The number of nitrogens with one attached hydrogen (secondary N) is 1. The zero-order valence-electron chi connectivity index (χ0n) is 10.8. The monoisotopic (exact) mass is 341 g/mol. The van der Waals surface area contributed by atoms with E-state index in [1.807, 2.05) is 0 Å². The molecule has 106 valence electrons. The Morgan fingerprint density at radius 1 is 1.45 bits per heavy atom. The number of hydrogen-bond donors (Lipinski definition) is 2. The lowest BCUT2D eigenvalue weighted by Crippen LogP contribution is -2.06. The van der Waals surface area contributed by atoms with Crippen molar-refractivity contribution < 1.29 is 19.4 Å². The van der Waals surface area contributed by atoms with E-state index < -0.39 is 5.97 Å². The van der Waals surface area contributed by atoms with Crippen molar-refractivity contribution in [1.29, 1.82) is 0 Å². The molecule has 1 aromatic carbocycles. The van der Waals surface area contributed by atoms with E-state index in [1.54, 1.807) is 19.1 Å². The second-order valence-electron chi connectivity index (χ2n) is 3.75. The summed E-state index contributed by atoms with van der Waals surface area (Å²) in [6.07, 6.45) is 0. The van der Waals surface area contributed by atoms with Crippen molar-refractivity contribution in [3.63, 3.8) is 0 Å². The SMILES string of the molecule is CCOC(=O)c1n[nH]nc1-c1cc(Br)c(O)c(OC)c1. The first-order valence-corrected chi connectivity index (χ1v) is 6.52. The van der Waals surface area contributed by atoms with E-state index in [0.29, 0.717) is 15.7 Å². The van der Waals surface area contributed by atoms with Crippen molar-refractivity contribution in [3.05, 3.63) is 22.3 Å². The van der Waals surface area contributed by atoms with Crippen LogP contribution in [0.2, 0.25) is 0 Å². The molecule has 1 heterocycles. The van der Waals surface area contributed by atoms with Crippen LogP contribution in [-0.2, 0) is 4.74 Å². The summed E-state index contributed by atoms with van der Waals surface area (Å²) in [5.41, 5.74) is 0.956. The Bertz CT molecular complexity index is 642. The smallest absolute Gasteiger partial charge is 0.361 e. The number of hydrogen-bond acceptors (Lipinski definition) is 6. The zero-order valence-corrected chi connectivity index (χ0v) is 12.4. The quantitative estimate of drug-likeness (QED) is 0.826. The number of methoxy groups -OCH3 is 1. The largest absolute Gasteiger partial charge is 0.503 e. The standard InChI is InChI=1S/C12H12BrN3O4/c1-3-20-12(18)10-9(14-16-15-10)6-4-7(13)11(17)8(5-6)19-2/h4-5,17H,3H2,1-2H3,(H,14,15,16). The van der Waals surface area contributed by atoms with Crippen molar-refractivity contribution >= 4 is 21.9 Å². The summed E-state index contributed by atoms with van der Waals surface area (Å²) in [6.45, 7) is 1.95. The second-order valence-corrected chi connectivity index (χ2v) is 4.60. The van der Waals surface area contributed by atoms with E-state index in [-0.39, 0.29) is 23.8 Å². The fourth-order valence-electron chi connectivity index (χ4n) is 1.64. The predicted octanol–water partition coefficient (Wildman–Crippen LogP) is 2.13. The molecule has 0 aliphatic carbocycles. The number of benzene rings is 1. The minimum atomic E-state index is -0.570. The van der Waals surface area contributed by atoms with Crippen LogP contribution in [-0.4, -0.2) is 40.2 Å². The van der Waals surface area contributed by atoms with Crippen molar-refractivity contribution in [2.45, 2.75) is 6.92 Å². The fraction of sp³-hybridized carbons (Fsp3) is 0.250. The lowest BCUT2D eigenvalue weighted by atomic mass is 10.1. The summed E-state index contributed by atoms with van der Waals surface area (Å²) in [5, 5.41) is 19.9. The molecular formula is C12H12BrN3O4. The number of aromatic hydroxyl groups is 1. The number of carbonyl (C=O) groups is 1. The number of phenolic OH excluding ortho intramolecular Hbond substituents is 1. The maximum atomic E-state index is 11.8. The van der Waals surface area contributed by atoms with E-state index in [9.17, 15) is 9.90 Å². The Morgan fingerprint density at radius 2 is 2.20 bits per heavy atom. The van der Waals surface area contributed by atoms with Crippen LogP contribution in [0.3, 0.4) is 0 Å². The minimum Gasteiger partial charge on any atom is -0.503 e. The molecule has 2 rings (SSSR count). The number of ether oxygens (including phenoxy) is 2. The molecule has 0 aliphatic rings. The Balaban J connectivity index is 2.50. The molecule has 0 fully saturated rings. The number of halogens is 1. The van der Waals surface area contributed by atoms with Gasteiger partial charge in [0.2, 0.25) is 0 Å². The number of H-pyrrole nitrogens is 1. The average Bonchev–Trinajstić information content (AvgIpc) is 2.91. The normalized spacial score (nSPS) is 10.3. The fourth-order valence-corrected chi connectivity index (χ4v) is 2.08. The molecule has 1 aromatic heterocycles. The summed E-state index contributed by atoms with van der Waals surface area (Å²) in [6, 6.07) is 3.17. The number of phenols is 1. The summed E-state index contributed by atoms with van der Waals surface area (Å²) < 4.78 is 10.4. The first kappa shape index (κ1) is 14.3. The van der Waals surface area contributed by atoms with Gasteiger partial charge in [0.1, 0.15) is 5.69 Å². The van der Waals surface area contributed by atoms with Crippen LogP contribution in [0.25, 0.3) is 11.3 Å². The van der Waals surface area contributed by atoms with Gasteiger partial charge >= 0.3 is 5.97 Å². The van der Waals surface area contributed by atoms with Crippen LogP contribution in [0, 0.1) is 0 Å². The van der Waals surface area contributed by atoms with E-state index in [4.69, 9.17) is 9.47 Å². The number of aromatic amines is 1. The topological polar surface area (TPSA) is 97.3 Å². The van der Waals surface area contributed by atoms with Crippen LogP contribution in [0.4, 0.5) is 0 Å². The molecule has 2 aromatic rings. The Labute approximate surface area is 123 Å². The summed E-state index contributed by atoms with van der Waals surface area (Å²) in [4.78, 5) is 11.8. The highest BCUT2D eigenvalue weighted by Crippen LogP contribution is 2.38. The number of nitrogens with zero attached hydrogens (tertiary/aromatic N) is 2. The van der Waals surface area contributed by atoms with Gasteiger partial charge in [0.25, 0.3) is 0 Å². The van der Waals surface area contributed by atoms with Crippen LogP contribution >= 0.6 is 15.9 Å². The van der Waals surface area contributed by atoms with Gasteiger partial charge in [-0.2, -0.15) is 10.3 Å². The lowest BCUT2D eigenvalue weighted by molar-refractivity contribution is 0.0520. The molecule has 0 saturated heterocycles. The molecule has 0 aliphatic heterocycles. The average molecular weight is 342 g/mol. The number of esters is 1. The Hall–Kier alpha value is -2.09. The van der Waals surface area contributed by atoms with Crippen LogP contribution in [0.5, 0.6) is 11.5 Å². The summed E-state index contributed by atoms with van der Waals surface area (Å²) >= 11 is 3.21. The molecule has 8 heteroatoms. The molecule has 0 saturated carbocycles. The van der Waals surface area contributed by atoms with E-state index in [0.717, 1.165) is 0 Å². The van der Waals surface area contributed by atoms with Crippen molar-refractivity contribution in [3.8, 4) is 22.8 Å². The lowest BCUT2D eigenvalue weighted by Gasteiger charge is -2.08. The maximum Gasteiger partial charge on any atom is 0.361 e. The molecule has 2 N–H and O–H groups in total. The van der Waals surface area contributed by atoms with E-state index >= 15 is 0 Å². The number of carbonyl (C=O) groups excluding carboxylic acids is 1.